The van der Waals surface area contributed by atoms with Crippen LogP contribution >= 0.6 is 11.6 Å². The van der Waals surface area contributed by atoms with Crippen LogP contribution in [0.4, 0.5) is 5.69 Å². The van der Waals surface area contributed by atoms with E-state index >= 15 is 0 Å². The van der Waals surface area contributed by atoms with Crippen LogP contribution in [0.15, 0.2) is 67.0 Å². The van der Waals surface area contributed by atoms with Gasteiger partial charge in [0.25, 0.3) is 5.91 Å². The summed E-state index contributed by atoms with van der Waals surface area (Å²) in [7, 11) is 3.93. The molecule has 1 unspecified atom stereocenters. The number of nitrogens with one attached hydrogen (secondary N) is 1. The summed E-state index contributed by atoms with van der Waals surface area (Å²) in [5, 5.41) is 3.88. The molecule has 1 aromatic heterocycles. The van der Waals surface area contributed by atoms with E-state index in [0.29, 0.717) is 23.7 Å². The highest BCUT2D eigenvalue weighted by Gasteiger charge is 2.25. The van der Waals surface area contributed by atoms with Gasteiger partial charge in [-0.05, 0) is 43.4 Å². The number of anilines is 1. The zero-order chi connectivity index (χ0) is 23.2. The molecule has 0 aliphatic carbocycles. The normalized spacial score (nSPS) is 14.6. The minimum absolute atomic E-state index is 0.00799. The summed E-state index contributed by atoms with van der Waals surface area (Å²) in [5.74, 6) is 0.782. The number of hydrogen-bond acceptors (Lipinski definition) is 5. The van der Waals surface area contributed by atoms with Gasteiger partial charge in [-0.15, -0.1) is 0 Å². The first-order chi connectivity index (χ1) is 16.1. The fourth-order valence-corrected chi connectivity index (χ4v) is 4.30. The number of fused-ring (bicyclic) bond motifs is 1. The van der Waals surface area contributed by atoms with Crippen molar-refractivity contribution >= 4 is 23.2 Å². The maximum atomic E-state index is 13.1. The quantitative estimate of drug-likeness (QED) is 0.529. The van der Waals surface area contributed by atoms with E-state index in [1.165, 1.54) is 0 Å². The van der Waals surface area contributed by atoms with Gasteiger partial charge in [-0.25, -0.2) is 0 Å². The molecule has 33 heavy (non-hydrogen) atoms. The number of carbonyl (C=O) groups is 1. The van der Waals surface area contributed by atoms with Crippen LogP contribution in [0.2, 0.25) is 5.02 Å². The van der Waals surface area contributed by atoms with Gasteiger partial charge >= 0.3 is 0 Å². The lowest BCUT2D eigenvalue weighted by Gasteiger charge is -2.22. The summed E-state index contributed by atoms with van der Waals surface area (Å²) in [6, 6.07) is 17.6. The first-order valence-electron chi connectivity index (χ1n) is 11.2. The largest absolute Gasteiger partial charge is 0.486 e. The molecule has 0 saturated heterocycles. The second-order valence-electron chi connectivity index (χ2n) is 8.21. The van der Waals surface area contributed by atoms with Crippen LogP contribution in [-0.4, -0.2) is 49.5 Å². The lowest BCUT2D eigenvalue weighted by molar-refractivity contribution is 0.0754. The standard InChI is InChI=1S/C26H29ClN4O2/c1-28-13-12-25(21-5-3-4-6-23(21)27)33-20-9-7-19(8-10-20)18-31-16-15-30(2)24-11-14-29-17-22(24)26(31)32/h3-11,14,17,25,28H,12-13,15-16,18H2,1-2H3. The Morgan fingerprint density at radius 3 is 2.67 bits per heavy atom. The lowest BCUT2D eigenvalue weighted by Crippen LogP contribution is -2.33. The zero-order valence-corrected chi connectivity index (χ0v) is 19.8. The molecule has 6 nitrogen and oxygen atoms in total. The Hall–Kier alpha value is -3.09. The molecule has 4 rings (SSSR count). The Balaban J connectivity index is 1.47. The van der Waals surface area contributed by atoms with Crippen molar-refractivity contribution in [2.75, 3.05) is 38.6 Å². The highest BCUT2D eigenvalue weighted by Crippen LogP contribution is 2.30. The Labute approximate surface area is 200 Å². The molecule has 3 aromatic rings. The number of likely N-dealkylation sites (N-methyl/N-ethyl adjacent to an activating group) is 1. The summed E-state index contributed by atoms with van der Waals surface area (Å²) in [5.41, 5.74) is 3.60. The van der Waals surface area contributed by atoms with Crippen LogP contribution in [-0.2, 0) is 6.54 Å². The number of ether oxygens (including phenoxy) is 1. The van der Waals surface area contributed by atoms with E-state index in [-0.39, 0.29) is 12.0 Å². The van der Waals surface area contributed by atoms with Crippen molar-refractivity contribution in [1.82, 2.24) is 15.2 Å². The summed E-state index contributed by atoms with van der Waals surface area (Å²) in [6.45, 7) is 2.78. The average Bonchev–Trinajstić information content (AvgIpc) is 2.95. The maximum absolute atomic E-state index is 13.1. The zero-order valence-electron chi connectivity index (χ0n) is 19.0. The van der Waals surface area contributed by atoms with E-state index < -0.39 is 0 Å². The molecule has 1 aliphatic heterocycles. The predicted octanol–water partition coefficient (Wildman–Crippen LogP) is 4.56. The van der Waals surface area contributed by atoms with Gasteiger partial charge in [0.2, 0.25) is 0 Å². The molecule has 0 bridgehead atoms. The third kappa shape index (κ3) is 5.46. The predicted molar refractivity (Wildman–Crippen MR) is 132 cm³/mol. The van der Waals surface area contributed by atoms with E-state index in [1.54, 1.807) is 12.4 Å². The van der Waals surface area contributed by atoms with Gasteiger partial charge in [0.05, 0.1) is 11.3 Å². The maximum Gasteiger partial charge on any atom is 0.257 e. The van der Waals surface area contributed by atoms with E-state index in [2.05, 4.69) is 15.2 Å². The van der Waals surface area contributed by atoms with Gasteiger partial charge in [0.15, 0.2) is 0 Å². The van der Waals surface area contributed by atoms with E-state index in [0.717, 1.165) is 42.1 Å². The molecule has 1 atom stereocenters. The Bertz CT molecular complexity index is 1090. The van der Waals surface area contributed by atoms with Crippen LogP contribution in [0, 0.1) is 0 Å². The van der Waals surface area contributed by atoms with Gasteiger partial charge in [-0.1, -0.05) is 41.9 Å². The van der Waals surface area contributed by atoms with Crippen LogP contribution in [0.3, 0.4) is 0 Å². The summed E-state index contributed by atoms with van der Waals surface area (Å²) < 4.78 is 6.31. The smallest absolute Gasteiger partial charge is 0.257 e. The highest BCUT2D eigenvalue weighted by atomic mass is 35.5. The van der Waals surface area contributed by atoms with Crippen LogP contribution in [0.25, 0.3) is 0 Å². The fraction of sp³-hybridized carbons (Fsp3) is 0.308. The topological polar surface area (TPSA) is 57.7 Å². The van der Waals surface area contributed by atoms with Gasteiger partial charge in [-0.2, -0.15) is 0 Å². The molecular formula is C26H29ClN4O2. The first-order valence-corrected chi connectivity index (χ1v) is 11.5. The molecule has 0 radical (unpaired) electrons. The second kappa shape index (κ2) is 10.7. The molecule has 0 saturated carbocycles. The number of nitrogens with zero attached hydrogens (tertiary/aromatic N) is 3. The second-order valence-corrected chi connectivity index (χ2v) is 8.61. The van der Waals surface area contributed by atoms with Crippen molar-refractivity contribution in [3.8, 4) is 5.75 Å². The Morgan fingerprint density at radius 2 is 1.91 bits per heavy atom. The van der Waals surface area contributed by atoms with Crippen molar-refractivity contribution in [2.24, 2.45) is 0 Å². The van der Waals surface area contributed by atoms with Crippen molar-refractivity contribution in [2.45, 2.75) is 19.1 Å². The Morgan fingerprint density at radius 1 is 1.12 bits per heavy atom. The number of benzene rings is 2. The van der Waals surface area contributed by atoms with E-state index in [4.69, 9.17) is 16.3 Å². The molecule has 1 aliphatic rings. The molecule has 2 aromatic carbocycles. The van der Waals surface area contributed by atoms with Gasteiger partial charge in [-0.3, -0.25) is 9.78 Å². The molecule has 1 N–H and O–H groups in total. The number of halogens is 1. The van der Waals surface area contributed by atoms with Gasteiger partial charge < -0.3 is 19.9 Å². The molecule has 2 heterocycles. The Kier molecular flexibility index (Phi) is 7.47. The van der Waals surface area contributed by atoms with E-state index in [9.17, 15) is 4.79 Å². The number of amides is 1. The van der Waals surface area contributed by atoms with E-state index in [1.807, 2.05) is 73.6 Å². The van der Waals surface area contributed by atoms with Crippen molar-refractivity contribution in [3.63, 3.8) is 0 Å². The lowest BCUT2D eigenvalue weighted by atomic mass is 10.1. The molecule has 1 amide bonds. The van der Waals surface area contributed by atoms with Crippen LogP contribution < -0.4 is 15.0 Å². The summed E-state index contributed by atoms with van der Waals surface area (Å²) in [4.78, 5) is 21.2. The number of aromatic nitrogens is 1. The first kappa shape index (κ1) is 23.1. The molecule has 172 valence electrons. The summed E-state index contributed by atoms with van der Waals surface area (Å²) in [6.07, 6.45) is 4.03. The SMILES string of the molecule is CNCCC(Oc1ccc(CN2CCN(C)c3ccncc3C2=O)cc1)c1ccccc1Cl. The fourth-order valence-electron chi connectivity index (χ4n) is 4.05. The van der Waals surface area contributed by atoms with Crippen molar-refractivity contribution < 1.29 is 9.53 Å². The molecule has 0 fully saturated rings. The minimum Gasteiger partial charge on any atom is -0.486 e. The minimum atomic E-state index is -0.149. The summed E-state index contributed by atoms with van der Waals surface area (Å²) >= 11 is 6.43. The molecule has 0 spiro atoms. The molecular weight excluding hydrogens is 436 g/mol. The molecule has 7 heteroatoms. The number of rotatable bonds is 8. The monoisotopic (exact) mass is 464 g/mol. The van der Waals surface area contributed by atoms with Gasteiger partial charge in [0, 0.05) is 56.1 Å². The van der Waals surface area contributed by atoms with Crippen molar-refractivity contribution in [1.29, 1.82) is 0 Å². The number of carbonyl (C=O) groups excluding carboxylic acids is 1. The van der Waals surface area contributed by atoms with Crippen LogP contribution in [0.5, 0.6) is 5.75 Å². The van der Waals surface area contributed by atoms with Crippen molar-refractivity contribution in [3.05, 3.63) is 88.7 Å². The number of pyridine rings is 1. The highest BCUT2D eigenvalue weighted by molar-refractivity contribution is 6.31. The third-order valence-corrected chi connectivity index (χ3v) is 6.26. The third-order valence-electron chi connectivity index (χ3n) is 5.92. The van der Waals surface area contributed by atoms with Gasteiger partial charge in [0.1, 0.15) is 11.9 Å². The average molecular weight is 465 g/mol. The number of hydrogen-bond donors (Lipinski definition) is 1. The van der Waals surface area contributed by atoms with Crippen LogP contribution in [0.1, 0.15) is 34.0 Å².